The Kier molecular flexibility index (Phi) is 3.82. The molecule has 1 atom stereocenters. The van der Waals surface area contributed by atoms with Gasteiger partial charge in [0.25, 0.3) is 0 Å². The third kappa shape index (κ3) is 2.78. The summed E-state index contributed by atoms with van der Waals surface area (Å²) in [6.45, 7) is 5.66. The zero-order valence-electron chi connectivity index (χ0n) is 9.23. The van der Waals surface area contributed by atoms with Crippen LogP contribution in [0.25, 0.3) is 0 Å². The van der Waals surface area contributed by atoms with E-state index in [0.717, 1.165) is 6.42 Å². The van der Waals surface area contributed by atoms with Crippen LogP contribution in [0.2, 0.25) is 0 Å². The van der Waals surface area contributed by atoms with Gasteiger partial charge in [0.05, 0.1) is 0 Å². The number of hydrogen-bond acceptors (Lipinski definition) is 4. The average Bonchev–Trinajstić information content (AvgIpc) is 2.52. The molecule has 1 N–H and O–H groups in total. The number of carbonyl (C=O) groups is 1. The molecule has 0 spiro atoms. The normalized spacial score (nSPS) is 13.1. The van der Waals surface area contributed by atoms with Crippen molar-refractivity contribution in [1.82, 2.24) is 10.1 Å². The summed E-state index contributed by atoms with van der Waals surface area (Å²) in [7, 11) is 0. The molecule has 0 aliphatic carbocycles. The van der Waals surface area contributed by atoms with E-state index in [2.05, 4.69) is 10.1 Å². The molecule has 0 aromatic carbocycles. The van der Waals surface area contributed by atoms with Gasteiger partial charge in [-0.25, -0.2) is 0 Å². The second-order valence-electron chi connectivity index (χ2n) is 3.86. The van der Waals surface area contributed by atoms with Crippen LogP contribution in [0.15, 0.2) is 4.52 Å². The predicted molar refractivity (Wildman–Crippen MR) is 53.5 cm³/mol. The third-order valence-electron chi connectivity index (χ3n) is 2.16. The van der Waals surface area contributed by atoms with Crippen molar-refractivity contribution in [1.29, 1.82) is 0 Å². The highest BCUT2D eigenvalue weighted by Gasteiger charge is 2.28. The highest BCUT2D eigenvalue weighted by molar-refractivity contribution is 5.75. The van der Waals surface area contributed by atoms with Crippen LogP contribution < -0.4 is 0 Å². The molecular weight excluding hydrogens is 196 g/mol. The summed E-state index contributed by atoms with van der Waals surface area (Å²) in [4.78, 5) is 15.1. The molecule has 0 saturated carbocycles. The maximum atomic E-state index is 11.0. The number of aliphatic carboxylic acids is 1. The molecule has 1 rings (SSSR count). The molecule has 1 aromatic rings. The summed E-state index contributed by atoms with van der Waals surface area (Å²) in [5.74, 6) is -0.844. The van der Waals surface area contributed by atoms with Crippen molar-refractivity contribution >= 4 is 5.97 Å². The van der Waals surface area contributed by atoms with Gasteiger partial charge < -0.3 is 9.63 Å². The van der Waals surface area contributed by atoms with Crippen molar-refractivity contribution in [2.24, 2.45) is 5.92 Å². The van der Waals surface area contributed by atoms with Gasteiger partial charge in [-0.05, 0) is 12.3 Å². The molecule has 5 heteroatoms. The quantitative estimate of drug-likeness (QED) is 0.805. The van der Waals surface area contributed by atoms with Crippen LogP contribution in [0.4, 0.5) is 0 Å². The van der Waals surface area contributed by atoms with Crippen molar-refractivity contribution in [3.05, 3.63) is 11.7 Å². The lowest BCUT2D eigenvalue weighted by Gasteiger charge is -2.10. The van der Waals surface area contributed by atoms with Crippen LogP contribution >= 0.6 is 0 Å². The van der Waals surface area contributed by atoms with Crippen molar-refractivity contribution in [3.63, 3.8) is 0 Å². The molecule has 1 unspecified atom stereocenters. The maximum absolute atomic E-state index is 11.0. The number of hydrogen-bond donors (Lipinski definition) is 1. The predicted octanol–water partition coefficient (Wildman–Crippen LogP) is 1.85. The Labute approximate surface area is 88.5 Å². The zero-order chi connectivity index (χ0) is 11.4. The smallest absolute Gasteiger partial charge is 0.314 e. The molecule has 0 aliphatic heterocycles. The first-order chi connectivity index (χ1) is 7.06. The van der Waals surface area contributed by atoms with Crippen LogP contribution in [-0.2, 0) is 11.2 Å². The molecule has 84 valence electrons. The number of carboxylic acid groups (broad SMARTS) is 1. The summed E-state index contributed by atoms with van der Waals surface area (Å²) >= 11 is 0. The molecule has 0 bridgehead atoms. The summed E-state index contributed by atoms with van der Waals surface area (Å²) < 4.78 is 4.96. The Hall–Kier alpha value is -1.39. The molecule has 0 amide bonds. The van der Waals surface area contributed by atoms with Crippen molar-refractivity contribution < 1.29 is 14.4 Å². The van der Waals surface area contributed by atoms with E-state index in [0.29, 0.717) is 12.3 Å². The van der Waals surface area contributed by atoms with E-state index >= 15 is 0 Å². The molecular formula is C10H16N2O3. The first-order valence-corrected chi connectivity index (χ1v) is 5.11. The van der Waals surface area contributed by atoms with E-state index in [1.807, 2.05) is 20.8 Å². The molecule has 15 heavy (non-hydrogen) atoms. The Morgan fingerprint density at radius 2 is 2.20 bits per heavy atom. The number of aryl methyl sites for hydroxylation is 1. The van der Waals surface area contributed by atoms with E-state index in [1.165, 1.54) is 0 Å². The molecule has 5 nitrogen and oxygen atoms in total. The summed E-state index contributed by atoms with van der Waals surface area (Å²) in [5.41, 5.74) is 0. The standard InChI is InChI=1S/C10H16N2O3/c1-4-5-7-11-9(12-15-7)8(6(2)3)10(13)14/h6,8H,4-5H2,1-3H3,(H,13,14). The van der Waals surface area contributed by atoms with E-state index in [-0.39, 0.29) is 11.7 Å². The van der Waals surface area contributed by atoms with Crippen molar-refractivity contribution in [2.45, 2.75) is 39.5 Å². The molecule has 0 aliphatic rings. The first kappa shape index (κ1) is 11.7. The van der Waals surface area contributed by atoms with Crippen LogP contribution in [0, 0.1) is 5.92 Å². The lowest BCUT2D eigenvalue weighted by atomic mass is 9.95. The highest BCUT2D eigenvalue weighted by Crippen LogP contribution is 2.22. The van der Waals surface area contributed by atoms with Gasteiger partial charge in [0.15, 0.2) is 5.82 Å². The van der Waals surface area contributed by atoms with Gasteiger partial charge in [0.1, 0.15) is 5.92 Å². The van der Waals surface area contributed by atoms with Gasteiger partial charge in [0.2, 0.25) is 5.89 Å². The molecule has 1 heterocycles. The van der Waals surface area contributed by atoms with Gasteiger partial charge in [-0.2, -0.15) is 4.98 Å². The van der Waals surface area contributed by atoms with Gasteiger partial charge in [-0.15, -0.1) is 0 Å². The Bertz CT molecular complexity index is 333. The number of aromatic nitrogens is 2. The lowest BCUT2D eigenvalue weighted by Crippen LogP contribution is -2.18. The SMILES string of the molecule is CCCc1nc(C(C(=O)O)C(C)C)no1. The topological polar surface area (TPSA) is 76.2 Å². The van der Waals surface area contributed by atoms with Crippen LogP contribution in [0.3, 0.4) is 0 Å². The Balaban J connectivity index is 2.87. The molecule has 1 aromatic heterocycles. The van der Waals surface area contributed by atoms with E-state index in [9.17, 15) is 4.79 Å². The summed E-state index contributed by atoms with van der Waals surface area (Å²) in [6, 6.07) is 0. The highest BCUT2D eigenvalue weighted by atomic mass is 16.5. The zero-order valence-corrected chi connectivity index (χ0v) is 9.23. The van der Waals surface area contributed by atoms with E-state index < -0.39 is 11.9 Å². The Morgan fingerprint density at radius 1 is 1.53 bits per heavy atom. The van der Waals surface area contributed by atoms with Crippen LogP contribution in [0.5, 0.6) is 0 Å². The molecule has 0 saturated heterocycles. The van der Waals surface area contributed by atoms with Gasteiger partial charge in [-0.1, -0.05) is 25.9 Å². The van der Waals surface area contributed by atoms with Crippen LogP contribution in [-0.4, -0.2) is 21.2 Å². The fraction of sp³-hybridized carbons (Fsp3) is 0.700. The number of rotatable bonds is 5. The monoisotopic (exact) mass is 212 g/mol. The fourth-order valence-electron chi connectivity index (χ4n) is 1.40. The van der Waals surface area contributed by atoms with E-state index in [1.54, 1.807) is 0 Å². The second-order valence-corrected chi connectivity index (χ2v) is 3.86. The van der Waals surface area contributed by atoms with E-state index in [4.69, 9.17) is 9.63 Å². The Morgan fingerprint density at radius 3 is 2.67 bits per heavy atom. The van der Waals surface area contributed by atoms with Gasteiger partial charge >= 0.3 is 5.97 Å². The number of carboxylic acids is 1. The van der Waals surface area contributed by atoms with Crippen LogP contribution in [0.1, 0.15) is 44.8 Å². The van der Waals surface area contributed by atoms with Crippen molar-refractivity contribution in [3.8, 4) is 0 Å². The number of nitrogens with zero attached hydrogens (tertiary/aromatic N) is 2. The third-order valence-corrected chi connectivity index (χ3v) is 2.16. The average molecular weight is 212 g/mol. The lowest BCUT2D eigenvalue weighted by molar-refractivity contribution is -0.140. The molecule has 0 fully saturated rings. The largest absolute Gasteiger partial charge is 0.481 e. The summed E-state index contributed by atoms with van der Waals surface area (Å²) in [5, 5.41) is 12.7. The first-order valence-electron chi connectivity index (χ1n) is 5.11. The minimum Gasteiger partial charge on any atom is -0.481 e. The minimum absolute atomic E-state index is 0.0467. The fourth-order valence-corrected chi connectivity index (χ4v) is 1.40. The second kappa shape index (κ2) is 4.91. The van der Waals surface area contributed by atoms with Crippen molar-refractivity contribution in [2.75, 3.05) is 0 Å². The van der Waals surface area contributed by atoms with Gasteiger partial charge in [-0.3, -0.25) is 4.79 Å². The molecule has 0 radical (unpaired) electrons. The minimum atomic E-state index is -0.908. The van der Waals surface area contributed by atoms with Gasteiger partial charge in [0, 0.05) is 6.42 Å². The summed E-state index contributed by atoms with van der Waals surface area (Å²) in [6.07, 6.45) is 1.60. The maximum Gasteiger partial charge on any atom is 0.314 e.